The third-order valence-corrected chi connectivity index (χ3v) is 6.17. The molecule has 3 saturated heterocycles. The molecule has 3 fully saturated rings. The third kappa shape index (κ3) is 5.23. The van der Waals surface area contributed by atoms with E-state index in [0.29, 0.717) is 63.3 Å². The highest BCUT2D eigenvalue weighted by Crippen LogP contribution is 2.33. The van der Waals surface area contributed by atoms with Crippen molar-refractivity contribution in [2.24, 2.45) is 17.8 Å². The van der Waals surface area contributed by atoms with Crippen LogP contribution in [0.4, 0.5) is 4.79 Å². The topological polar surface area (TPSA) is 70.2 Å². The van der Waals surface area contributed by atoms with Crippen LogP contribution in [0.25, 0.3) is 0 Å². The summed E-state index contributed by atoms with van der Waals surface area (Å²) in [7, 11) is 0. The van der Waals surface area contributed by atoms with Gasteiger partial charge < -0.3 is 19.4 Å². The zero-order valence-electron chi connectivity index (χ0n) is 18.6. The van der Waals surface area contributed by atoms with E-state index >= 15 is 0 Å². The lowest BCUT2D eigenvalue weighted by Gasteiger charge is -2.37. The number of fused-ring (bicyclic) bond motifs is 1. The number of rotatable bonds is 4. The number of nitrogens with zero attached hydrogens (tertiary/aromatic N) is 3. The molecule has 0 bridgehead atoms. The van der Waals surface area contributed by atoms with Gasteiger partial charge in [0, 0.05) is 51.0 Å². The molecule has 0 aliphatic carbocycles. The molecule has 0 radical (unpaired) electrons. The van der Waals surface area contributed by atoms with Crippen molar-refractivity contribution in [3.63, 3.8) is 0 Å². The van der Waals surface area contributed by atoms with Gasteiger partial charge in [0.15, 0.2) is 0 Å². The second-order valence-corrected chi connectivity index (χ2v) is 10.3. The molecule has 1 unspecified atom stereocenters. The summed E-state index contributed by atoms with van der Waals surface area (Å²) in [5.74, 6) is 1.15. The second-order valence-electron chi connectivity index (χ2n) is 10.3. The van der Waals surface area contributed by atoms with Crippen LogP contribution in [0.2, 0.25) is 0 Å². The number of piperidine rings is 1. The lowest BCUT2D eigenvalue weighted by Crippen LogP contribution is -2.53. The Morgan fingerprint density at radius 1 is 1.03 bits per heavy atom. The first-order valence-corrected chi connectivity index (χ1v) is 11.1. The summed E-state index contributed by atoms with van der Waals surface area (Å²) < 4.78 is 5.50. The normalized spacial score (nSPS) is 26.1. The molecule has 3 atom stereocenters. The van der Waals surface area contributed by atoms with Gasteiger partial charge >= 0.3 is 6.09 Å². The molecule has 3 aliphatic rings. The largest absolute Gasteiger partial charge is 0.444 e. The highest BCUT2D eigenvalue weighted by atomic mass is 16.6. The number of ether oxygens (including phenoxy) is 1. The maximum absolute atomic E-state index is 13.4. The van der Waals surface area contributed by atoms with Gasteiger partial charge in [0.1, 0.15) is 11.6 Å². The fourth-order valence-corrected chi connectivity index (χ4v) is 4.82. The fraction of sp³-hybridized carbons (Fsp3) is 0.864. The van der Waals surface area contributed by atoms with Gasteiger partial charge in [-0.1, -0.05) is 13.8 Å². The van der Waals surface area contributed by atoms with E-state index in [4.69, 9.17) is 4.74 Å². The first-order valence-electron chi connectivity index (χ1n) is 11.1. The summed E-state index contributed by atoms with van der Waals surface area (Å²) in [6.45, 7) is 13.1. The highest BCUT2D eigenvalue weighted by Gasteiger charge is 2.46. The summed E-state index contributed by atoms with van der Waals surface area (Å²) in [4.78, 5) is 43.8. The first-order chi connectivity index (χ1) is 13.5. The van der Waals surface area contributed by atoms with Crippen molar-refractivity contribution in [1.29, 1.82) is 0 Å². The number of carbonyl (C=O) groups excluding carboxylic acids is 3. The van der Waals surface area contributed by atoms with Crippen molar-refractivity contribution in [2.45, 2.75) is 71.9 Å². The molecular formula is C22H37N3O4. The molecule has 7 nitrogen and oxygen atoms in total. The minimum absolute atomic E-state index is 0.0900. The lowest BCUT2D eigenvalue weighted by atomic mass is 9.98. The molecular weight excluding hydrogens is 370 g/mol. The van der Waals surface area contributed by atoms with Gasteiger partial charge in [0.05, 0.1) is 0 Å². The van der Waals surface area contributed by atoms with Gasteiger partial charge in [-0.25, -0.2) is 4.79 Å². The summed E-state index contributed by atoms with van der Waals surface area (Å²) in [6, 6.07) is -0.344. The van der Waals surface area contributed by atoms with E-state index < -0.39 is 5.60 Å². The molecule has 0 aromatic heterocycles. The average molecular weight is 408 g/mol. The molecule has 0 spiro atoms. The lowest BCUT2D eigenvalue weighted by molar-refractivity contribution is -0.147. The van der Waals surface area contributed by atoms with Crippen molar-refractivity contribution in [3.05, 3.63) is 0 Å². The van der Waals surface area contributed by atoms with Crippen LogP contribution >= 0.6 is 0 Å². The van der Waals surface area contributed by atoms with Gasteiger partial charge in [-0.2, -0.15) is 0 Å². The number of carbonyl (C=O) groups is 3. The number of likely N-dealkylation sites (tertiary alicyclic amines) is 3. The minimum Gasteiger partial charge on any atom is -0.444 e. The van der Waals surface area contributed by atoms with Crippen LogP contribution in [0.3, 0.4) is 0 Å². The smallest absolute Gasteiger partial charge is 0.410 e. The van der Waals surface area contributed by atoms with Crippen molar-refractivity contribution >= 4 is 17.9 Å². The predicted molar refractivity (Wildman–Crippen MR) is 110 cm³/mol. The van der Waals surface area contributed by atoms with E-state index in [1.54, 1.807) is 4.90 Å². The Balaban J connectivity index is 1.61. The maximum Gasteiger partial charge on any atom is 0.410 e. The molecule has 0 saturated carbocycles. The van der Waals surface area contributed by atoms with Crippen molar-refractivity contribution < 1.29 is 19.1 Å². The predicted octanol–water partition coefficient (Wildman–Crippen LogP) is 2.74. The Labute approximate surface area is 174 Å². The summed E-state index contributed by atoms with van der Waals surface area (Å²) in [5.41, 5.74) is -0.498. The fourth-order valence-electron chi connectivity index (χ4n) is 4.82. The molecule has 29 heavy (non-hydrogen) atoms. The molecule has 164 valence electrons. The molecule has 7 heteroatoms. The van der Waals surface area contributed by atoms with Crippen LogP contribution in [-0.4, -0.2) is 77.0 Å². The molecule has 3 aliphatic heterocycles. The second kappa shape index (κ2) is 8.52. The molecule has 3 heterocycles. The molecule has 3 rings (SSSR count). The van der Waals surface area contributed by atoms with Gasteiger partial charge in [-0.3, -0.25) is 9.59 Å². The molecule has 0 aromatic rings. The summed E-state index contributed by atoms with van der Waals surface area (Å²) in [5, 5.41) is 0. The van der Waals surface area contributed by atoms with Crippen molar-refractivity contribution in [1.82, 2.24) is 14.7 Å². The number of amides is 3. The van der Waals surface area contributed by atoms with Gasteiger partial charge in [0.25, 0.3) is 0 Å². The molecule has 3 amide bonds. The Kier molecular flexibility index (Phi) is 6.44. The van der Waals surface area contributed by atoms with Crippen LogP contribution in [0.15, 0.2) is 0 Å². The van der Waals surface area contributed by atoms with Crippen LogP contribution in [0.5, 0.6) is 0 Å². The molecule has 0 aromatic carbocycles. The summed E-state index contributed by atoms with van der Waals surface area (Å²) >= 11 is 0. The van der Waals surface area contributed by atoms with E-state index in [2.05, 4.69) is 13.8 Å². The average Bonchev–Trinajstić information content (AvgIpc) is 3.17. The minimum atomic E-state index is -0.498. The van der Waals surface area contributed by atoms with E-state index in [1.165, 1.54) is 0 Å². The Hall–Kier alpha value is -1.79. The van der Waals surface area contributed by atoms with Crippen molar-refractivity contribution in [2.75, 3.05) is 32.7 Å². The standard InChI is InChI=1S/C22H37N3O4/c1-15(2)10-18(25-9-7-6-8-19(25)26)20(27)23-11-16-13-24(14-17(16)12-23)21(28)29-22(3,4)5/h15-18H,6-14H2,1-5H3/t16-,17+,18?. The number of hydrogen-bond acceptors (Lipinski definition) is 4. The van der Waals surface area contributed by atoms with Gasteiger partial charge in [-0.05, 0) is 46.0 Å². The van der Waals surface area contributed by atoms with Crippen LogP contribution in [0.1, 0.15) is 60.3 Å². The zero-order valence-corrected chi connectivity index (χ0v) is 18.6. The number of hydrogen-bond donors (Lipinski definition) is 0. The molecule has 0 N–H and O–H groups in total. The Morgan fingerprint density at radius 2 is 1.62 bits per heavy atom. The Bertz CT molecular complexity index is 628. The summed E-state index contributed by atoms with van der Waals surface area (Å²) in [6.07, 6.45) is 2.90. The van der Waals surface area contributed by atoms with E-state index in [1.807, 2.05) is 30.6 Å². The van der Waals surface area contributed by atoms with Crippen LogP contribution in [-0.2, 0) is 14.3 Å². The van der Waals surface area contributed by atoms with Crippen molar-refractivity contribution in [3.8, 4) is 0 Å². The highest BCUT2D eigenvalue weighted by molar-refractivity contribution is 5.88. The maximum atomic E-state index is 13.4. The first kappa shape index (κ1) is 21.9. The zero-order chi connectivity index (χ0) is 21.3. The quantitative estimate of drug-likeness (QED) is 0.718. The van der Waals surface area contributed by atoms with Crippen LogP contribution in [0, 0.1) is 17.8 Å². The van der Waals surface area contributed by atoms with Gasteiger partial charge in [-0.15, -0.1) is 0 Å². The van der Waals surface area contributed by atoms with E-state index in [0.717, 1.165) is 12.8 Å². The SMILES string of the molecule is CC(C)CC(C(=O)N1C[C@H]2CN(C(=O)OC(C)(C)C)C[C@H]2C1)N1CCCCC1=O. The third-order valence-electron chi connectivity index (χ3n) is 6.17. The van der Waals surface area contributed by atoms with Gasteiger partial charge in [0.2, 0.25) is 11.8 Å². The monoisotopic (exact) mass is 407 g/mol. The Morgan fingerprint density at radius 3 is 2.14 bits per heavy atom. The van der Waals surface area contributed by atoms with E-state index in [-0.39, 0.29) is 23.9 Å². The van der Waals surface area contributed by atoms with E-state index in [9.17, 15) is 14.4 Å². The van der Waals surface area contributed by atoms with Crippen LogP contribution < -0.4 is 0 Å².